The van der Waals surface area contributed by atoms with E-state index in [1.165, 1.54) is 6.20 Å². The van der Waals surface area contributed by atoms with Gasteiger partial charge in [-0.2, -0.15) is 0 Å². The van der Waals surface area contributed by atoms with Gasteiger partial charge >= 0.3 is 0 Å². The molecule has 1 unspecified atom stereocenters. The highest BCUT2D eigenvalue weighted by Gasteiger charge is 2.30. The quantitative estimate of drug-likeness (QED) is 0.464. The van der Waals surface area contributed by atoms with Crippen molar-refractivity contribution in [2.24, 2.45) is 5.92 Å². The van der Waals surface area contributed by atoms with Crippen LogP contribution in [0.4, 0.5) is 11.5 Å². The molecule has 0 aliphatic carbocycles. The van der Waals surface area contributed by atoms with Gasteiger partial charge in [-0.25, -0.2) is 4.98 Å². The number of carbonyl (C=O) groups excluding carboxylic acids is 1. The summed E-state index contributed by atoms with van der Waals surface area (Å²) >= 11 is 0. The van der Waals surface area contributed by atoms with Crippen LogP contribution in [0.5, 0.6) is 0 Å². The lowest BCUT2D eigenvalue weighted by atomic mass is 10.1. The molecule has 1 atom stereocenters. The Morgan fingerprint density at radius 2 is 2.39 bits per heavy atom. The summed E-state index contributed by atoms with van der Waals surface area (Å²) in [4.78, 5) is 27.5. The number of aromatic nitrogens is 1. The predicted molar refractivity (Wildman–Crippen MR) is 66.3 cm³/mol. The van der Waals surface area contributed by atoms with E-state index in [1.807, 2.05) is 0 Å². The Morgan fingerprint density at radius 3 is 2.89 bits per heavy atom. The zero-order valence-corrected chi connectivity index (χ0v) is 10.00. The molecule has 0 bridgehead atoms. The second kappa shape index (κ2) is 4.56. The number of aryl methyl sites for hydroxylation is 1. The van der Waals surface area contributed by atoms with Gasteiger partial charge in [0.05, 0.1) is 4.92 Å². The number of hydrogen-bond acceptors (Lipinski definition) is 4. The molecule has 94 valence electrons. The third kappa shape index (κ3) is 2.09. The highest BCUT2D eigenvalue weighted by atomic mass is 16.6. The Bertz CT molecular complexity index is 527. The lowest BCUT2D eigenvalue weighted by molar-refractivity contribution is -0.385. The maximum atomic E-state index is 11.8. The Morgan fingerprint density at radius 1 is 1.67 bits per heavy atom. The molecular weight excluding hydrogens is 234 g/mol. The Kier molecular flexibility index (Phi) is 3.10. The molecule has 1 amide bonds. The molecular formula is C12H13N3O3. The van der Waals surface area contributed by atoms with E-state index in [2.05, 4.69) is 11.6 Å². The van der Waals surface area contributed by atoms with Crippen molar-refractivity contribution < 1.29 is 9.72 Å². The second-order valence-corrected chi connectivity index (χ2v) is 4.29. The first-order valence-electron chi connectivity index (χ1n) is 5.57. The van der Waals surface area contributed by atoms with Gasteiger partial charge in [-0.1, -0.05) is 6.08 Å². The van der Waals surface area contributed by atoms with Crippen molar-refractivity contribution in [1.29, 1.82) is 0 Å². The van der Waals surface area contributed by atoms with E-state index in [-0.39, 0.29) is 17.5 Å². The molecule has 0 saturated carbocycles. The summed E-state index contributed by atoms with van der Waals surface area (Å²) in [5, 5.41) is 10.7. The van der Waals surface area contributed by atoms with Gasteiger partial charge in [-0.05, 0) is 13.0 Å². The van der Waals surface area contributed by atoms with E-state index in [1.54, 1.807) is 24.0 Å². The number of hydrogen-bond donors (Lipinski definition) is 0. The third-order valence-electron chi connectivity index (χ3n) is 3.03. The number of rotatable bonds is 3. The SMILES string of the molecule is C=CC1CC(=O)N(c2cc(C)c([N+](=O)[O-])cn2)C1. The van der Waals surface area contributed by atoms with Crippen LogP contribution in [-0.4, -0.2) is 22.4 Å². The van der Waals surface area contributed by atoms with Gasteiger partial charge < -0.3 is 0 Å². The summed E-state index contributed by atoms with van der Waals surface area (Å²) in [5.41, 5.74) is 0.463. The standard InChI is InChI=1S/C12H13N3O3/c1-3-9-5-12(16)14(7-9)11-4-8(2)10(6-13-11)15(17)18/h3-4,6,9H,1,5,7H2,2H3. The Balaban J connectivity index is 2.30. The van der Waals surface area contributed by atoms with Crippen LogP contribution in [-0.2, 0) is 4.79 Å². The van der Waals surface area contributed by atoms with Crippen LogP contribution in [0.3, 0.4) is 0 Å². The minimum atomic E-state index is -0.482. The topological polar surface area (TPSA) is 76.3 Å². The highest BCUT2D eigenvalue weighted by Crippen LogP contribution is 2.27. The minimum Gasteiger partial charge on any atom is -0.296 e. The molecule has 0 spiro atoms. The van der Waals surface area contributed by atoms with E-state index in [9.17, 15) is 14.9 Å². The molecule has 1 saturated heterocycles. The molecule has 2 rings (SSSR count). The van der Waals surface area contributed by atoms with E-state index < -0.39 is 4.92 Å². The van der Waals surface area contributed by atoms with Crippen LogP contribution in [0, 0.1) is 23.0 Å². The molecule has 0 aromatic carbocycles. The fourth-order valence-corrected chi connectivity index (χ4v) is 1.99. The van der Waals surface area contributed by atoms with Crippen molar-refractivity contribution in [2.45, 2.75) is 13.3 Å². The monoisotopic (exact) mass is 247 g/mol. The average molecular weight is 247 g/mol. The van der Waals surface area contributed by atoms with Gasteiger partial charge in [0.15, 0.2) is 0 Å². The van der Waals surface area contributed by atoms with Gasteiger partial charge in [0.1, 0.15) is 12.0 Å². The Labute approximate surface area is 104 Å². The number of anilines is 1. The van der Waals surface area contributed by atoms with Crippen LogP contribution in [0.2, 0.25) is 0 Å². The molecule has 1 aromatic heterocycles. The lowest BCUT2D eigenvalue weighted by Crippen LogP contribution is -2.25. The maximum absolute atomic E-state index is 11.8. The summed E-state index contributed by atoms with van der Waals surface area (Å²) in [6.45, 7) is 5.84. The second-order valence-electron chi connectivity index (χ2n) is 4.29. The predicted octanol–water partition coefficient (Wildman–Crippen LogP) is 1.84. The van der Waals surface area contributed by atoms with E-state index in [4.69, 9.17) is 0 Å². The molecule has 1 aliphatic heterocycles. The summed E-state index contributed by atoms with van der Waals surface area (Å²) < 4.78 is 0. The van der Waals surface area contributed by atoms with Crippen LogP contribution in [0.1, 0.15) is 12.0 Å². The number of amides is 1. The largest absolute Gasteiger partial charge is 0.296 e. The molecule has 6 heteroatoms. The molecule has 6 nitrogen and oxygen atoms in total. The molecule has 18 heavy (non-hydrogen) atoms. The normalized spacial score (nSPS) is 19.1. The van der Waals surface area contributed by atoms with Crippen molar-refractivity contribution in [3.63, 3.8) is 0 Å². The van der Waals surface area contributed by atoms with Crippen molar-refractivity contribution in [3.05, 3.63) is 40.6 Å². The fourth-order valence-electron chi connectivity index (χ4n) is 1.99. The van der Waals surface area contributed by atoms with Crippen LogP contribution >= 0.6 is 0 Å². The summed E-state index contributed by atoms with van der Waals surface area (Å²) in [7, 11) is 0. The number of carbonyl (C=O) groups is 1. The van der Waals surface area contributed by atoms with Crippen molar-refractivity contribution in [3.8, 4) is 0 Å². The van der Waals surface area contributed by atoms with Crippen molar-refractivity contribution in [2.75, 3.05) is 11.4 Å². The van der Waals surface area contributed by atoms with E-state index in [0.29, 0.717) is 24.3 Å². The lowest BCUT2D eigenvalue weighted by Gasteiger charge is -2.15. The summed E-state index contributed by atoms with van der Waals surface area (Å²) in [5.74, 6) is 0.558. The minimum absolute atomic E-state index is 0.0272. The number of nitrogens with zero attached hydrogens (tertiary/aromatic N) is 3. The van der Waals surface area contributed by atoms with Gasteiger partial charge in [-0.3, -0.25) is 19.8 Å². The first-order chi connectivity index (χ1) is 8.52. The van der Waals surface area contributed by atoms with Crippen LogP contribution < -0.4 is 4.90 Å². The van der Waals surface area contributed by atoms with Crippen molar-refractivity contribution >= 4 is 17.4 Å². The van der Waals surface area contributed by atoms with Crippen molar-refractivity contribution in [1.82, 2.24) is 4.98 Å². The number of pyridine rings is 1. The highest BCUT2D eigenvalue weighted by molar-refractivity contribution is 5.95. The first-order valence-corrected chi connectivity index (χ1v) is 5.57. The van der Waals surface area contributed by atoms with Gasteiger partial charge in [0.25, 0.3) is 5.69 Å². The van der Waals surface area contributed by atoms with E-state index >= 15 is 0 Å². The number of nitro groups is 1. The zero-order valence-electron chi connectivity index (χ0n) is 10.00. The maximum Gasteiger partial charge on any atom is 0.290 e. The van der Waals surface area contributed by atoms with Gasteiger partial charge in [0, 0.05) is 24.4 Å². The summed E-state index contributed by atoms with van der Waals surface area (Å²) in [6.07, 6.45) is 3.36. The van der Waals surface area contributed by atoms with Crippen LogP contribution in [0.25, 0.3) is 0 Å². The first kappa shape index (κ1) is 12.2. The molecule has 2 heterocycles. The zero-order chi connectivity index (χ0) is 13.3. The fraction of sp³-hybridized carbons (Fsp3) is 0.333. The van der Waals surface area contributed by atoms with Gasteiger partial charge in [-0.15, -0.1) is 6.58 Å². The molecule has 0 N–H and O–H groups in total. The molecule has 1 fully saturated rings. The van der Waals surface area contributed by atoms with Crippen LogP contribution in [0.15, 0.2) is 24.9 Å². The van der Waals surface area contributed by atoms with E-state index in [0.717, 1.165) is 0 Å². The molecule has 1 aromatic rings. The summed E-state index contributed by atoms with van der Waals surface area (Å²) in [6, 6.07) is 1.57. The van der Waals surface area contributed by atoms with Gasteiger partial charge in [0.2, 0.25) is 5.91 Å². The third-order valence-corrected chi connectivity index (χ3v) is 3.03. The Hall–Kier alpha value is -2.24. The molecule has 0 radical (unpaired) electrons. The molecule has 1 aliphatic rings. The smallest absolute Gasteiger partial charge is 0.290 e. The average Bonchev–Trinajstić information content (AvgIpc) is 2.70.